The normalized spacial score (nSPS) is 20.6. The molecule has 2 aromatic heterocycles. The van der Waals surface area contributed by atoms with Crippen molar-refractivity contribution in [1.82, 2.24) is 14.5 Å². The van der Waals surface area contributed by atoms with Gasteiger partial charge in [0.25, 0.3) is 5.91 Å². The first-order chi connectivity index (χ1) is 14.1. The number of aryl methyl sites for hydroxylation is 1. The third kappa shape index (κ3) is 4.14. The van der Waals surface area contributed by atoms with E-state index < -0.39 is 12.1 Å². The van der Waals surface area contributed by atoms with Gasteiger partial charge in [-0.05, 0) is 30.7 Å². The minimum Gasteiger partial charge on any atom is -0.475 e. The van der Waals surface area contributed by atoms with E-state index >= 15 is 0 Å². The van der Waals surface area contributed by atoms with Gasteiger partial charge in [0.15, 0.2) is 0 Å². The van der Waals surface area contributed by atoms with Crippen LogP contribution in [0.4, 0.5) is 18.9 Å². The molecule has 0 aliphatic carbocycles. The van der Waals surface area contributed by atoms with Crippen molar-refractivity contribution in [3.8, 4) is 0 Å². The Labute approximate surface area is 169 Å². The summed E-state index contributed by atoms with van der Waals surface area (Å²) in [5, 5.41) is 7.12. The van der Waals surface area contributed by atoms with E-state index in [-0.39, 0.29) is 23.9 Å². The van der Waals surface area contributed by atoms with Gasteiger partial charge >= 0.3 is 12.1 Å². The average molecular weight is 424 g/mol. The lowest BCUT2D eigenvalue weighted by Crippen LogP contribution is -2.40. The van der Waals surface area contributed by atoms with Crippen molar-refractivity contribution in [1.29, 1.82) is 0 Å². The molecule has 2 aliphatic rings. The second-order valence-corrected chi connectivity index (χ2v) is 6.91. The molecule has 0 bridgehead atoms. The number of carboxylic acid groups (broad SMARTS) is 1. The van der Waals surface area contributed by atoms with Crippen molar-refractivity contribution < 1.29 is 32.7 Å². The molecule has 2 saturated heterocycles. The van der Waals surface area contributed by atoms with E-state index in [4.69, 9.17) is 9.90 Å². The Hall–Kier alpha value is -3.37. The zero-order chi connectivity index (χ0) is 22.1. The molecular weight excluding hydrogens is 405 g/mol. The highest BCUT2D eigenvalue weighted by Gasteiger charge is 2.49. The summed E-state index contributed by atoms with van der Waals surface area (Å²) < 4.78 is 33.6. The van der Waals surface area contributed by atoms with E-state index in [1.54, 1.807) is 12.4 Å². The van der Waals surface area contributed by atoms with Gasteiger partial charge < -0.3 is 19.5 Å². The Kier molecular flexibility index (Phi) is 5.81. The molecular formula is C19H19F3N4O4. The lowest BCUT2D eigenvalue weighted by Gasteiger charge is -2.25. The molecule has 8 nitrogen and oxygen atoms in total. The molecule has 1 N–H and O–H groups in total. The van der Waals surface area contributed by atoms with Crippen LogP contribution in [0.25, 0.3) is 0 Å². The Morgan fingerprint density at radius 2 is 1.90 bits per heavy atom. The number of aromatic nitrogens is 2. The molecule has 0 radical (unpaired) electrons. The smallest absolute Gasteiger partial charge is 0.475 e. The van der Waals surface area contributed by atoms with E-state index in [9.17, 15) is 22.8 Å². The van der Waals surface area contributed by atoms with Gasteiger partial charge in [0.05, 0.1) is 24.0 Å². The fraction of sp³-hybridized carbons (Fsp3) is 0.368. The SMILES string of the molecule is Cn1cccc1C(=O)N1CCC2C1CC(=O)N2c1cccnc1.O=C(O)C(F)(F)F. The molecule has 2 amide bonds. The highest BCUT2D eigenvalue weighted by molar-refractivity contribution is 5.99. The Balaban J connectivity index is 0.000000318. The summed E-state index contributed by atoms with van der Waals surface area (Å²) in [5.41, 5.74) is 1.48. The number of fused-ring (bicyclic) bond motifs is 1. The maximum Gasteiger partial charge on any atom is 0.490 e. The summed E-state index contributed by atoms with van der Waals surface area (Å²) in [7, 11) is 1.86. The van der Waals surface area contributed by atoms with Gasteiger partial charge in [0.1, 0.15) is 5.69 Å². The largest absolute Gasteiger partial charge is 0.490 e. The van der Waals surface area contributed by atoms with E-state index in [2.05, 4.69) is 4.98 Å². The average Bonchev–Trinajstić information content (AvgIpc) is 3.36. The molecule has 4 heterocycles. The quantitative estimate of drug-likeness (QED) is 0.797. The first kappa shape index (κ1) is 21.3. The minimum absolute atomic E-state index is 0.00540. The molecule has 4 rings (SSSR count). The number of pyridine rings is 1. The number of likely N-dealkylation sites (tertiary alicyclic amines) is 1. The van der Waals surface area contributed by atoms with Crippen molar-refractivity contribution in [2.45, 2.75) is 31.1 Å². The molecule has 0 saturated carbocycles. The summed E-state index contributed by atoms with van der Waals surface area (Å²) in [6, 6.07) is 7.42. The van der Waals surface area contributed by atoms with Crippen molar-refractivity contribution >= 4 is 23.5 Å². The number of halogens is 3. The topological polar surface area (TPSA) is 95.7 Å². The third-order valence-corrected chi connectivity index (χ3v) is 5.08. The van der Waals surface area contributed by atoms with Gasteiger partial charge in [-0.25, -0.2) is 4.79 Å². The molecule has 30 heavy (non-hydrogen) atoms. The molecule has 0 aromatic carbocycles. The second-order valence-electron chi connectivity index (χ2n) is 6.91. The van der Waals surface area contributed by atoms with Crippen LogP contribution in [0.5, 0.6) is 0 Å². The second kappa shape index (κ2) is 8.17. The number of amides is 2. The number of alkyl halides is 3. The van der Waals surface area contributed by atoms with Crippen molar-refractivity contribution in [3.05, 3.63) is 48.5 Å². The van der Waals surface area contributed by atoms with Crippen LogP contribution >= 0.6 is 0 Å². The molecule has 160 valence electrons. The summed E-state index contributed by atoms with van der Waals surface area (Å²) in [4.78, 5) is 41.9. The molecule has 2 atom stereocenters. The number of carbonyl (C=O) groups is 3. The molecule has 11 heteroatoms. The zero-order valence-corrected chi connectivity index (χ0v) is 15.9. The summed E-state index contributed by atoms with van der Waals surface area (Å²) in [6.07, 6.45) is 1.38. The van der Waals surface area contributed by atoms with Crippen molar-refractivity contribution in [3.63, 3.8) is 0 Å². The van der Waals surface area contributed by atoms with E-state index in [1.165, 1.54) is 0 Å². The summed E-state index contributed by atoms with van der Waals surface area (Å²) in [6.45, 7) is 0.684. The maximum atomic E-state index is 12.8. The molecule has 0 spiro atoms. The predicted molar refractivity (Wildman–Crippen MR) is 98.7 cm³/mol. The monoisotopic (exact) mass is 424 g/mol. The van der Waals surface area contributed by atoms with Gasteiger partial charge in [-0.2, -0.15) is 13.2 Å². The Morgan fingerprint density at radius 3 is 2.43 bits per heavy atom. The van der Waals surface area contributed by atoms with E-state index in [1.807, 2.05) is 51.9 Å². The molecule has 2 aromatic rings. The van der Waals surface area contributed by atoms with Gasteiger partial charge in [-0.15, -0.1) is 0 Å². The third-order valence-electron chi connectivity index (χ3n) is 5.08. The van der Waals surface area contributed by atoms with Crippen LogP contribution in [0, 0.1) is 0 Å². The number of carboxylic acids is 1. The number of hydrogen-bond acceptors (Lipinski definition) is 4. The van der Waals surface area contributed by atoms with Crippen LogP contribution in [0.2, 0.25) is 0 Å². The first-order valence-electron chi connectivity index (χ1n) is 9.05. The van der Waals surface area contributed by atoms with Crippen LogP contribution in [-0.4, -0.2) is 62.1 Å². The van der Waals surface area contributed by atoms with Gasteiger partial charge in [0.2, 0.25) is 5.91 Å². The number of anilines is 1. The van der Waals surface area contributed by atoms with E-state index in [0.717, 1.165) is 12.1 Å². The minimum atomic E-state index is -5.08. The van der Waals surface area contributed by atoms with Gasteiger partial charge in [-0.3, -0.25) is 14.6 Å². The fourth-order valence-corrected chi connectivity index (χ4v) is 3.76. The molecule has 2 unspecified atom stereocenters. The van der Waals surface area contributed by atoms with Gasteiger partial charge in [-0.1, -0.05) is 0 Å². The highest BCUT2D eigenvalue weighted by Crippen LogP contribution is 2.36. The van der Waals surface area contributed by atoms with Crippen LogP contribution in [-0.2, 0) is 16.6 Å². The number of hydrogen-bond donors (Lipinski definition) is 1. The molecule has 2 aliphatic heterocycles. The van der Waals surface area contributed by atoms with Crippen LogP contribution in [0.3, 0.4) is 0 Å². The predicted octanol–water partition coefficient (Wildman–Crippen LogP) is 2.07. The standard InChI is InChI=1S/C17H18N4O2.C2HF3O2/c1-19-8-3-5-14(19)17(23)20-9-6-13-15(20)10-16(22)21(13)12-4-2-7-18-11-12;3-2(4,5)1(6)7/h2-5,7-8,11,13,15H,6,9-10H2,1H3;(H,6,7). The Bertz CT molecular complexity index is 945. The highest BCUT2D eigenvalue weighted by atomic mass is 19.4. The summed E-state index contributed by atoms with van der Waals surface area (Å²) >= 11 is 0. The lowest BCUT2D eigenvalue weighted by atomic mass is 10.1. The van der Waals surface area contributed by atoms with Crippen molar-refractivity contribution in [2.75, 3.05) is 11.4 Å². The zero-order valence-electron chi connectivity index (χ0n) is 15.9. The lowest BCUT2D eigenvalue weighted by molar-refractivity contribution is -0.192. The Morgan fingerprint density at radius 1 is 1.20 bits per heavy atom. The van der Waals surface area contributed by atoms with Crippen LogP contribution in [0.1, 0.15) is 23.3 Å². The summed E-state index contributed by atoms with van der Waals surface area (Å²) in [5.74, 6) is -2.68. The van der Waals surface area contributed by atoms with Crippen molar-refractivity contribution in [2.24, 2.45) is 7.05 Å². The number of aliphatic carboxylic acids is 1. The number of rotatable bonds is 2. The number of nitrogens with zero attached hydrogens (tertiary/aromatic N) is 4. The van der Waals surface area contributed by atoms with Gasteiger partial charge in [0, 0.05) is 32.4 Å². The number of carbonyl (C=O) groups excluding carboxylic acids is 2. The van der Waals surface area contributed by atoms with Crippen LogP contribution in [0.15, 0.2) is 42.9 Å². The molecule has 2 fully saturated rings. The maximum absolute atomic E-state index is 12.8. The van der Waals surface area contributed by atoms with E-state index in [0.29, 0.717) is 18.7 Å². The fourth-order valence-electron chi connectivity index (χ4n) is 3.76. The first-order valence-corrected chi connectivity index (χ1v) is 9.05. The van der Waals surface area contributed by atoms with Crippen LogP contribution < -0.4 is 4.90 Å².